The lowest BCUT2D eigenvalue weighted by atomic mass is 10.2. The molecule has 1 N–H and O–H groups in total. The molecule has 0 aromatic rings. The van der Waals surface area contributed by atoms with Gasteiger partial charge in [-0.05, 0) is 13.3 Å². The van der Waals surface area contributed by atoms with E-state index in [4.69, 9.17) is 4.52 Å². The first-order valence-electron chi connectivity index (χ1n) is 5.77. The summed E-state index contributed by atoms with van der Waals surface area (Å²) in [4.78, 5) is 20.0. The van der Waals surface area contributed by atoms with Crippen LogP contribution in [0, 0.1) is 0 Å². The molecule has 0 bridgehead atoms. The molecule has 0 aliphatic carbocycles. The van der Waals surface area contributed by atoms with Gasteiger partial charge in [0.05, 0.1) is 6.61 Å². The lowest BCUT2D eigenvalue weighted by Crippen LogP contribution is -2.15. The molecule has 0 aliphatic heterocycles. The van der Waals surface area contributed by atoms with E-state index < -0.39 is 19.0 Å². The first-order valence-corrected chi connectivity index (χ1v) is 7.72. The van der Waals surface area contributed by atoms with Crippen molar-refractivity contribution in [2.45, 2.75) is 52.1 Å². The number of phosphoric ester groups is 1. The van der Waals surface area contributed by atoms with E-state index >= 15 is 0 Å². The second kappa shape index (κ2) is 9.11. The number of carbonyl (C=O) groups excluding carboxylic acids is 1. The molecule has 17 heavy (non-hydrogen) atoms. The van der Waals surface area contributed by atoms with E-state index in [0.29, 0.717) is 6.42 Å². The summed E-state index contributed by atoms with van der Waals surface area (Å²) in [5, 5.41) is -0.606. The molecule has 0 rings (SSSR count). The smallest absolute Gasteiger partial charge is 0.302 e. The SMILES string of the molecule is CCCCCCCOP(=O)(O)OC(C)C(=O)S. The molecule has 0 heterocycles. The first kappa shape index (κ1) is 17.1. The Kier molecular flexibility index (Phi) is 9.18. The van der Waals surface area contributed by atoms with Gasteiger partial charge in [0.1, 0.15) is 6.10 Å². The summed E-state index contributed by atoms with van der Waals surface area (Å²) in [5.41, 5.74) is 0. The maximum atomic E-state index is 11.3. The minimum absolute atomic E-state index is 0.158. The van der Waals surface area contributed by atoms with Crippen molar-refractivity contribution >= 4 is 25.6 Å². The van der Waals surface area contributed by atoms with Crippen LogP contribution in [0.5, 0.6) is 0 Å². The van der Waals surface area contributed by atoms with E-state index in [1.54, 1.807) is 0 Å². The van der Waals surface area contributed by atoms with Crippen LogP contribution in [-0.4, -0.2) is 22.7 Å². The molecule has 2 atom stereocenters. The summed E-state index contributed by atoms with van der Waals surface area (Å²) in [6.45, 7) is 3.62. The number of rotatable bonds is 10. The molecular weight excluding hydrogens is 263 g/mol. The van der Waals surface area contributed by atoms with Crippen LogP contribution in [0.1, 0.15) is 46.0 Å². The fourth-order valence-electron chi connectivity index (χ4n) is 1.16. The van der Waals surface area contributed by atoms with Gasteiger partial charge in [0.15, 0.2) is 0 Å². The van der Waals surface area contributed by atoms with Gasteiger partial charge in [0.25, 0.3) is 0 Å². The standard InChI is InChI=1S/C10H21O5PS/c1-3-4-5-6-7-8-14-16(12,13)15-9(2)10(11)17/h9H,3-8H2,1-2H3,(H,11,17)(H,12,13). The van der Waals surface area contributed by atoms with Crippen LogP contribution in [0.25, 0.3) is 0 Å². The largest absolute Gasteiger partial charge is 0.472 e. The summed E-state index contributed by atoms with van der Waals surface area (Å²) in [5.74, 6) is 0. The molecule has 0 aromatic carbocycles. The zero-order chi connectivity index (χ0) is 13.3. The Hall–Kier alpha value is 0.130. The van der Waals surface area contributed by atoms with E-state index in [1.807, 2.05) is 0 Å². The van der Waals surface area contributed by atoms with E-state index in [0.717, 1.165) is 25.7 Å². The molecule has 5 nitrogen and oxygen atoms in total. The summed E-state index contributed by atoms with van der Waals surface area (Å²) in [6.07, 6.45) is 3.99. The van der Waals surface area contributed by atoms with Gasteiger partial charge in [-0.2, -0.15) is 0 Å². The zero-order valence-corrected chi connectivity index (χ0v) is 12.1. The zero-order valence-electron chi connectivity index (χ0n) is 10.3. The molecule has 0 radical (unpaired) electrons. The highest BCUT2D eigenvalue weighted by Crippen LogP contribution is 2.44. The Labute approximate surface area is 108 Å². The van der Waals surface area contributed by atoms with Gasteiger partial charge < -0.3 is 4.89 Å². The van der Waals surface area contributed by atoms with Gasteiger partial charge in [0.2, 0.25) is 5.12 Å². The quantitative estimate of drug-likeness (QED) is 0.366. The van der Waals surface area contributed by atoms with Crippen LogP contribution in [0.3, 0.4) is 0 Å². The summed E-state index contributed by atoms with van der Waals surface area (Å²) in [6, 6.07) is 0. The normalized spacial score (nSPS) is 16.5. The molecular formula is C10H21O5PS. The molecule has 0 spiro atoms. The van der Waals surface area contributed by atoms with Crippen LogP contribution in [0.15, 0.2) is 0 Å². The number of hydrogen-bond donors (Lipinski definition) is 2. The maximum Gasteiger partial charge on any atom is 0.472 e. The van der Waals surface area contributed by atoms with Gasteiger partial charge in [0, 0.05) is 0 Å². The average molecular weight is 284 g/mol. The maximum absolute atomic E-state index is 11.3. The number of hydrogen-bond acceptors (Lipinski definition) is 4. The number of unbranched alkanes of at least 4 members (excludes halogenated alkanes) is 4. The van der Waals surface area contributed by atoms with Crippen LogP contribution in [0.4, 0.5) is 0 Å². The van der Waals surface area contributed by atoms with E-state index in [9.17, 15) is 14.3 Å². The molecule has 0 amide bonds. The fraction of sp³-hybridized carbons (Fsp3) is 0.900. The second-order valence-electron chi connectivity index (χ2n) is 3.80. The molecule has 0 fully saturated rings. The van der Waals surface area contributed by atoms with Gasteiger partial charge in [-0.25, -0.2) is 4.57 Å². The van der Waals surface area contributed by atoms with E-state index in [1.165, 1.54) is 6.92 Å². The molecule has 0 aromatic heterocycles. The number of carbonyl (C=O) groups is 1. The Morgan fingerprint density at radius 3 is 2.47 bits per heavy atom. The van der Waals surface area contributed by atoms with Gasteiger partial charge in [-0.15, -0.1) is 12.6 Å². The highest BCUT2D eigenvalue weighted by molar-refractivity contribution is 7.96. The highest BCUT2D eigenvalue weighted by atomic mass is 32.1. The third kappa shape index (κ3) is 9.80. The van der Waals surface area contributed by atoms with Crippen LogP contribution in [-0.2, 0) is 18.4 Å². The van der Waals surface area contributed by atoms with E-state index in [-0.39, 0.29) is 6.61 Å². The second-order valence-corrected chi connectivity index (χ2v) is 5.65. The minimum Gasteiger partial charge on any atom is -0.302 e. The summed E-state index contributed by atoms with van der Waals surface area (Å²) in [7, 11) is -4.13. The van der Waals surface area contributed by atoms with Crippen molar-refractivity contribution in [1.29, 1.82) is 0 Å². The lowest BCUT2D eigenvalue weighted by Gasteiger charge is -2.14. The van der Waals surface area contributed by atoms with Gasteiger partial charge >= 0.3 is 7.82 Å². The van der Waals surface area contributed by atoms with Gasteiger partial charge in [-0.3, -0.25) is 13.8 Å². The van der Waals surface area contributed by atoms with Crippen molar-refractivity contribution in [3.8, 4) is 0 Å². The number of phosphoric acid groups is 1. The lowest BCUT2D eigenvalue weighted by molar-refractivity contribution is -0.117. The highest BCUT2D eigenvalue weighted by Gasteiger charge is 2.26. The molecule has 7 heteroatoms. The van der Waals surface area contributed by atoms with Crippen molar-refractivity contribution < 1.29 is 23.3 Å². The van der Waals surface area contributed by atoms with E-state index in [2.05, 4.69) is 24.1 Å². The Morgan fingerprint density at radius 1 is 1.35 bits per heavy atom. The van der Waals surface area contributed by atoms with Crippen molar-refractivity contribution in [3.05, 3.63) is 0 Å². The first-order chi connectivity index (χ1) is 7.89. The summed E-state index contributed by atoms with van der Waals surface area (Å²) < 4.78 is 20.7. The molecule has 0 saturated carbocycles. The number of thiol groups is 1. The topological polar surface area (TPSA) is 72.8 Å². The minimum atomic E-state index is -4.13. The summed E-state index contributed by atoms with van der Waals surface area (Å²) >= 11 is 3.50. The van der Waals surface area contributed by atoms with Crippen LogP contribution >= 0.6 is 20.5 Å². The predicted molar refractivity (Wildman–Crippen MR) is 69.1 cm³/mol. The van der Waals surface area contributed by atoms with Crippen molar-refractivity contribution in [2.75, 3.05) is 6.61 Å². The third-order valence-corrected chi connectivity index (χ3v) is 3.60. The van der Waals surface area contributed by atoms with Crippen LogP contribution < -0.4 is 0 Å². The monoisotopic (exact) mass is 284 g/mol. The Morgan fingerprint density at radius 2 is 1.94 bits per heavy atom. The van der Waals surface area contributed by atoms with Crippen molar-refractivity contribution in [3.63, 3.8) is 0 Å². The van der Waals surface area contributed by atoms with Crippen molar-refractivity contribution in [2.24, 2.45) is 0 Å². The Balaban J connectivity index is 3.71. The third-order valence-electron chi connectivity index (χ3n) is 2.14. The molecule has 2 unspecified atom stereocenters. The van der Waals surface area contributed by atoms with Gasteiger partial charge in [-0.1, -0.05) is 32.6 Å². The molecule has 0 saturated heterocycles. The average Bonchev–Trinajstić information content (AvgIpc) is 2.22. The van der Waals surface area contributed by atoms with Crippen molar-refractivity contribution in [1.82, 2.24) is 0 Å². The predicted octanol–water partition coefficient (Wildman–Crippen LogP) is 2.94. The van der Waals surface area contributed by atoms with Crippen LogP contribution in [0.2, 0.25) is 0 Å². The molecule has 0 aliphatic rings. The molecule has 102 valence electrons. The Bertz CT molecular complexity index is 271. The fourth-order valence-corrected chi connectivity index (χ4v) is 2.21.